The van der Waals surface area contributed by atoms with Gasteiger partial charge in [0.15, 0.2) is 6.61 Å². The van der Waals surface area contributed by atoms with Crippen LogP contribution in [-0.2, 0) is 11.2 Å². The van der Waals surface area contributed by atoms with Gasteiger partial charge in [0.25, 0.3) is 5.91 Å². The Labute approximate surface area is 142 Å². The van der Waals surface area contributed by atoms with Crippen molar-refractivity contribution >= 4 is 22.5 Å². The normalized spacial score (nSPS) is 10.7. The first kappa shape index (κ1) is 16.8. The molecule has 1 heterocycles. The van der Waals surface area contributed by atoms with E-state index in [2.05, 4.69) is 15.3 Å². The Morgan fingerprint density at radius 2 is 1.96 bits per heavy atom. The van der Waals surface area contributed by atoms with Gasteiger partial charge in [-0.3, -0.25) is 4.79 Å². The predicted octanol–water partition coefficient (Wildman–Crippen LogP) is 3.49. The van der Waals surface area contributed by atoms with Gasteiger partial charge >= 0.3 is 0 Å². The van der Waals surface area contributed by atoms with Crippen LogP contribution >= 0.6 is 0 Å². The van der Waals surface area contributed by atoms with Crippen LogP contribution in [0, 0.1) is 11.6 Å². The van der Waals surface area contributed by atoms with Crippen molar-refractivity contribution in [3.05, 3.63) is 59.9 Å². The second kappa shape index (κ2) is 7.21. The van der Waals surface area contributed by atoms with Crippen molar-refractivity contribution in [2.45, 2.75) is 13.3 Å². The average Bonchev–Trinajstić information content (AvgIpc) is 2.62. The number of hydrogen-bond acceptors (Lipinski definition) is 4. The summed E-state index contributed by atoms with van der Waals surface area (Å²) in [5, 5.41) is 2.95. The van der Waals surface area contributed by atoms with Gasteiger partial charge in [0, 0.05) is 12.5 Å². The Morgan fingerprint density at radius 3 is 2.76 bits per heavy atom. The molecule has 0 unspecified atom stereocenters. The number of hydrogen-bond donors (Lipinski definition) is 1. The van der Waals surface area contributed by atoms with Crippen LogP contribution in [0.3, 0.4) is 0 Å². The standard InChI is InChI=1S/C18H15F2N3O2/c1-2-16-21-14-6-4-3-5-12(14)18(23-16)25-10-17(24)22-15-9-11(19)7-8-13(15)20/h3-9H,2,10H2,1H3,(H,22,24). The summed E-state index contributed by atoms with van der Waals surface area (Å²) in [6.07, 6.45) is 0.613. The number of carbonyl (C=O) groups excluding carboxylic acids is 1. The van der Waals surface area contributed by atoms with E-state index in [4.69, 9.17) is 4.74 Å². The van der Waals surface area contributed by atoms with Crippen LogP contribution in [0.15, 0.2) is 42.5 Å². The lowest BCUT2D eigenvalue weighted by atomic mass is 10.2. The maximum atomic E-state index is 13.6. The molecule has 128 valence electrons. The molecule has 0 saturated heterocycles. The topological polar surface area (TPSA) is 64.1 Å². The third-order valence-corrected chi connectivity index (χ3v) is 3.47. The number of carbonyl (C=O) groups is 1. The van der Waals surface area contributed by atoms with Gasteiger partial charge in [-0.25, -0.2) is 13.8 Å². The Kier molecular flexibility index (Phi) is 4.83. The van der Waals surface area contributed by atoms with E-state index in [1.54, 1.807) is 6.07 Å². The fourth-order valence-electron chi connectivity index (χ4n) is 2.28. The second-order valence-electron chi connectivity index (χ2n) is 5.28. The molecule has 0 bridgehead atoms. The van der Waals surface area contributed by atoms with Gasteiger partial charge in [0.1, 0.15) is 17.5 Å². The van der Waals surface area contributed by atoms with Gasteiger partial charge in [0.2, 0.25) is 5.88 Å². The molecule has 0 radical (unpaired) electrons. The van der Waals surface area contributed by atoms with Crippen molar-refractivity contribution in [1.29, 1.82) is 0 Å². The van der Waals surface area contributed by atoms with Crippen molar-refractivity contribution in [3.8, 4) is 5.88 Å². The van der Waals surface area contributed by atoms with Crippen LogP contribution in [0.25, 0.3) is 10.9 Å². The zero-order valence-corrected chi connectivity index (χ0v) is 13.4. The van der Waals surface area contributed by atoms with Crippen molar-refractivity contribution < 1.29 is 18.3 Å². The molecular weight excluding hydrogens is 328 g/mol. The first-order chi connectivity index (χ1) is 12.1. The molecule has 7 heteroatoms. The lowest BCUT2D eigenvalue weighted by Crippen LogP contribution is -2.21. The van der Waals surface area contributed by atoms with Crippen LogP contribution < -0.4 is 10.1 Å². The average molecular weight is 343 g/mol. The van der Waals surface area contributed by atoms with E-state index in [9.17, 15) is 13.6 Å². The molecular formula is C18H15F2N3O2. The molecule has 2 aromatic carbocycles. The van der Waals surface area contributed by atoms with Gasteiger partial charge in [-0.15, -0.1) is 0 Å². The molecule has 1 amide bonds. The minimum atomic E-state index is -0.726. The summed E-state index contributed by atoms with van der Waals surface area (Å²) in [6.45, 7) is 1.52. The molecule has 0 aliphatic carbocycles. The molecule has 25 heavy (non-hydrogen) atoms. The maximum Gasteiger partial charge on any atom is 0.262 e. The number of nitrogens with zero attached hydrogens (tertiary/aromatic N) is 2. The van der Waals surface area contributed by atoms with Crippen molar-refractivity contribution in [1.82, 2.24) is 9.97 Å². The fraction of sp³-hybridized carbons (Fsp3) is 0.167. The molecule has 0 fully saturated rings. The van der Waals surface area contributed by atoms with Crippen LogP contribution in [0.4, 0.5) is 14.5 Å². The Morgan fingerprint density at radius 1 is 1.16 bits per heavy atom. The van der Waals surface area contributed by atoms with Crippen LogP contribution in [-0.4, -0.2) is 22.5 Å². The fourth-order valence-corrected chi connectivity index (χ4v) is 2.28. The van der Waals surface area contributed by atoms with E-state index in [0.29, 0.717) is 23.1 Å². The lowest BCUT2D eigenvalue weighted by molar-refractivity contribution is -0.118. The molecule has 0 saturated carbocycles. The van der Waals surface area contributed by atoms with Crippen molar-refractivity contribution in [3.63, 3.8) is 0 Å². The van der Waals surface area contributed by atoms with Gasteiger partial charge in [-0.05, 0) is 24.3 Å². The number of halogens is 2. The van der Waals surface area contributed by atoms with E-state index >= 15 is 0 Å². The van der Waals surface area contributed by atoms with Crippen molar-refractivity contribution in [2.24, 2.45) is 0 Å². The SMILES string of the molecule is CCc1nc(OCC(=O)Nc2cc(F)ccc2F)c2ccccc2n1. The number of benzene rings is 2. The summed E-state index contributed by atoms with van der Waals surface area (Å²) in [5.41, 5.74) is 0.469. The van der Waals surface area contributed by atoms with E-state index in [1.165, 1.54) is 0 Å². The number of aryl methyl sites for hydroxylation is 1. The third kappa shape index (κ3) is 3.88. The Hall–Kier alpha value is -3.09. The highest BCUT2D eigenvalue weighted by atomic mass is 19.1. The summed E-state index contributed by atoms with van der Waals surface area (Å²) in [5.74, 6) is -1.13. The highest BCUT2D eigenvalue weighted by molar-refractivity contribution is 5.92. The quantitative estimate of drug-likeness (QED) is 0.770. The third-order valence-electron chi connectivity index (χ3n) is 3.47. The minimum Gasteiger partial charge on any atom is -0.467 e. The number of aromatic nitrogens is 2. The minimum absolute atomic E-state index is 0.240. The van der Waals surface area contributed by atoms with Gasteiger partial charge in [-0.2, -0.15) is 4.98 Å². The number of ether oxygens (including phenoxy) is 1. The van der Waals surface area contributed by atoms with Crippen molar-refractivity contribution in [2.75, 3.05) is 11.9 Å². The Bertz CT molecular complexity index is 931. The number of anilines is 1. The summed E-state index contributed by atoms with van der Waals surface area (Å²) in [4.78, 5) is 20.6. The summed E-state index contributed by atoms with van der Waals surface area (Å²) >= 11 is 0. The number of nitrogens with one attached hydrogen (secondary N) is 1. The van der Waals surface area contributed by atoms with Gasteiger partial charge in [0.05, 0.1) is 16.6 Å². The first-order valence-corrected chi connectivity index (χ1v) is 7.70. The first-order valence-electron chi connectivity index (χ1n) is 7.70. The molecule has 0 aliphatic rings. The highest BCUT2D eigenvalue weighted by Gasteiger charge is 2.12. The zero-order valence-electron chi connectivity index (χ0n) is 13.4. The van der Waals surface area contributed by atoms with E-state index in [0.717, 1.165) is 18.2 Å². The number of rotatable bonds is 5. The van der Waals surface area contributed by atoms with Gasteiger partial charge in [-0.1, -0.05) is 19.1 Å². The van der Waals surface area contributed by atoms with E-state index in [1.807, 2.05) is 25.1 Å². The summed E-state index contributed by atoms with van der Waals surface area (Å²) < 4.78 is 32.2. The molecule has 0 aliphatic heterocycles. The second-order valence-corrected chi connectivity index (χ2v) is 5.28. The van der Waals surface area contributed by atoms with Crippen LogP contribution in [0.1, 0.15) is 12.7 Å². The monoisotopic (exact) mass is 343 g/mol. The summed E-state index contributed by atoms with van der Waals surface area (Å²) in [6, 6.07) is 10.1. The smallest absolute Gasteiger partial charge is 0.262 e. The molecule has 1 aromatic heterocycles. The summed E-state index contributed by atoms with van der Waals surface area (Å²) in [7, 11) is 0. The van der Waals surface area contributed by atoms with Crippen LogP contribution in [0.2, 0.25) is 0 Å². The Balaban J connectivity index is 1.76. The molecule has 3 rings (SSSR count). The largest absolute Gasteiger partial charge is 0.467 e. The van der Waals surface area contributed by atoms with E-state index < -0.39 is 17.5 Å². The van der Waals surface area contributed by atoms with E-state index in [-0.39, 0.29) is 18.2 Å². The molecule has 5 nitrogen and oxygen atoms in total. The molecule has 3 aromatic rings. The molecule has 0 spiro atoms. The van der Waals surface area contributed by atoms with Gasteiger partial charge < -0.3 is 10.1 Å². The zero-order chi connectivity index (χ0) is 17.8. The highest BCUT2D eigenvalue weighted by Crippen LogP contribution is 2.22. The molecule has 0 atom stereocenters. The number of fused-ring (bicyclic) bond motifs is 1. The number of amides is 1. The maximum absolute atomic E-state index is 13.6. The van der Waals surface area contributed by atoms with Crippen LogP contribution in [0.5, 0.6) is 5.88 Å². The molecule has 1 N–H and O–H groups in total. The lowest BCUT2D eigenvalue weighted by Gasteiger charge is -2.10. The number of para-hydroxylation sites is 1. The predicted molar refractivity (Wildman–Crippen MR) is 89.4 cm³/mol.